The van der Waals surface area contributed by atoms with E-state index >= 15 is 0 Å². The predicted octanol–water partition coefficient (Wildman–Crippen LogP) is 3.09. The first-order valence-corrected chi connectivity index (χ1v) is 8.30. The molecule has 2 aliphatic rings. The van der Waals surface area contributed by atoms with Crippen LogP contribution >= 0.6 is 0 Å². The van der Waals surface area contributed by atoms with Gasteiger partial charge in [-0.15, -0.1) is 0 Å². The highest BCUT2D eigenvalue weighted by Gasteiger charge is 2.78. The van der Waals surface area contributed by atoms with Crippen molar-refractivity contribution < 1.29 is 9.47 Å². The second-order valence-electron chi connectivity index (χ2n) is 6.71. The largest absolute Gasteiger partial charge is 0.448 e. The van der Waals surface area contributed by atoms with E-state index in [1.165, 1.54) is 0 Å². The molecule has 1 N–H and O–H groups in total. The van der Waals surface area contributed by atoms with Gasteiger partial charge in [0.05, 0.1) is 24.1 Å². The molecule has 1 aromatic carbocycles. The molecule has 4 unspecified atom stereocenters. The highest BCUT2D eigenvalue weighted by atomic mass is 16.7. The summed E-state index contributed by atoms with van der Waals surface area (Å²) in [5.41, 5.74) is -2.68. The van der Waals surface area contributed by atoms with Crippen LogP contribution in [0.4, 0.5) is 0 Å². The van der Waals surface area contributed by atoms with Crippen molar-refractivity contribution in [1.82, 2.24) is 0 Å². The molecule has 0 saturated carbocycles. The maximum Gasteiger partial charge on any atom is 0.215 e. The maximum absolute atomic E-state index is 10.1. The van der Waals surface area contributed by atoms with Gasteiger partial charge in [0.25, 0.3) is 0 Å². The molecule has 4 atom stereocenters. The van der Waals surface area contributed by atoms with E-state index in [0.29, 0.717) is 6.42 Å². The van der Waals surface area contributed by atoms with E-state index in [-0.39, 0.29) is 5.90 Å². The molecule has 2 saturated heterocycles. The number of ether oxygens (including phenoxy) is 2. The number of nitrogens with zero attached hydrogens (tertiary/aromatic N) is 3. The quantitative estimate of drug-likeness (QED) is 0.845. The summed E-state index contributed by atoms with van der Waals surface area (Å²) in [6.07, 6.45) is 2.63. The summed E-state index contributed by atoms with van der Waals surface area (Å²) in [4.78, 5) is 0. The molecule has 0 aliphatic carbocycles. The molecule has 0 spiro atoms. The van der Waals surface area contributed by atoms with Gasteiger partial charge in [0, 0.05) is 6.92 Å². The lowest BCUT2D eigenvalue weighted by molar-refractivity contribution is -0.257. The predicted molar refractivity (Wildman–Crippen MR) is 92.2 cm³/mol. The fraction of sp³-hybridized carbons (Fsp3) is 0.400. The molecule has 0 radical (unpaired) electrons. The Hall–Kier alpha value is -3.14. The van der Waals surface area contributed by atoms with E-state index in [0.717, 1.165) is 5.56 Å². The van der Waals surface area contributed by atoms with Crippen LogP contribution in [0.15, 0.2) is 42.5 Å². The molecule has 1 aromatic rings. The zero-order chi connectivity index (χ0) is 19.0. The van der Waals surface area contributed by atoms with Crippen LogP contribution < -0.4 is 0 Å². The Balaban J connectivity index is 2.24. The van der Waals surface area contributed by atoms with Crippen LogP contribution in [-0.2, 0) is 15.9 Å². The Bertz CT molecular complexity index is 875. The molecular weight excluding hydrogens is 328 g/mol. The van der Waals surface area contributed by atoms with Gasteiger partial charge in [-0.25, -0.2) is 0 Å². The van der Waals surface area contributed by atoms with Gasteiger partial charge >= 0.3 is 0 Å². The standard InChI is InChI=1S/C20H18N4O2/c1-3-7-16-19(11-21,12-22)20(13-23)15(10-14-8-5-4-6-9-14)18(2,25-16)26-17(20)24/h3-9,15-16,24H,10H2,1-2H3. The van der Waals surface area contributed by atoms with Crippen molar-refractivity contribution in [2.45, 2.75) is 32.2 Å². The van der Waals surface area contributed by atoms with Crippen molar-refractivity contribution in [1.29, 1.82) is 21.2 Å². The third-order valence-electron chi connectivity index (χ3n) is 5.41. The van der Waals surface area contributed by atoms with Gasteiger partial charge in [-0.3, -0.25) is 5.41 Å². The molecular formula is C20H18N4O2. The molecule has 26 heavy (non-hydrogen) atoms. The van der Waals surface area contributed by atoms with Crippen molar-refractivity contribution in [3.05, 3.63) is 48.0 Å². The van der Waals surface area contributed by atoms with Crippen molar-refractivity contribution in [3.63, 3.8) is 0 Å². The Morgan fingerprint density at radius 2 is 1.81 bits per heavy atom. The lowest BCUT2D eigenvalue weighted by Gasteiger charge is -2.48. The van der Waals surface area contributed by atoms with Gasteiger partial charge in [-0.05, 0) is 18.9 Å². The van der Waals surface area contributed by atoms with Crippen molar-refractivity contribution in [2.24, 2.45) is 16.7 Å². The van der Waals surface area contributed by atoms with Gasteiger partial charge < -0.3 is 9.47 Å². The first-order chi connectivity index (χ1) is 12.4. The van der Waals surface area contributed by atoms with Crippen LogP contribution in [0.1, 0.15) is 19.4 Å². The van der Waals surface area contributed by atoms with E-state index in [2.05, 4.69) is 6.07 Å². The van der Waals surface area contributed by atoms with Crippen molar-refractivity contribution in [3.8, 4) is 18.2 Å². The fourth-order valence-electron chi connectivity index (χ4n) is 4.12. The number of fused-ring (bicyclic) bond motifs is 2. The van der Waals surface area contributed by atoms with Gasteiger partial charge in [0.15, 0.2) is 5.41 Å². The highest BCUT2D eigenvalue weighted by Crippen LogP contribution is 2.63. The minimum atomic E-state index is -1.87. The number of nitriles is 3. The van der Waals surface area contributed by atoms with Gasteiger partial charge in [-0.1, -0.05) is 42.5 Å². The number of benzene rings is 1. The molecule has 2 heterocycles. The summed E-state index contributed by atoms with van der Waals surface area (Å²) in [6, 6.07) is 15.6. The van der Waals surface area contributed by atoms with E-state index in [9.17, 15) is 15.8 Å². The maximum atomic E-state index is 10.1. The lowest BCUT2D eigenvalue weighted by Crippen LogP contribution is -2.62. The third kappa shape index (κ3) is 2.02. The molecule has 130 valence electrons. The van der Waals surface area contributed by atoms with Gasteiger partial charge in [-0.2, -0.15) is 15.8 Å². The molecule has 2 fully saturated rings. The molecule has 0 aromatic heterocycles. The Morgan fingerprint density at radius 1 is 1.15 bits per heavy atom. The van der Waals surface area contributed by atoms with Crippen LogP contribution in [0.25, 0.3) is 0 Å². The summed E-state index contributed by atoms with van der Waals surface area (Å²) in [7, 11) is 0. The van der Waals surface area contributed by atoms with Crippen molar-refractivity contribution >= 4 is 5.90 Å². The molecule has 2 aliphatic heterocycles. The topological polar surface area (TPSA) is 114 Å². The Labute approximate surface area is 152 Å². The normalized spacial score (nSPS) is 34.5. The smallest absolute Gasteiger partial charge is 0.215 e. The van der Waals surface area contributed by atoms with Crippen LogP contribution in [-0.4, -0.2) is 17.8 Å². The van der Waals surface area contributed by atoms with E-state index in [4.69, 9.17) is 14.9 Å². The number of nitrogens with one attached hydrogen (secondary N) is 1. The summed E-state index contributed by atoms with van der Waals surface area (Å²) in [5.74, 6) is -2.32. The second-order valence-corrected chi connectivity index (χ2v) is 6.71. The second kappa shape index (κ2) is 5.99. The number of allylic oxidation sites excluding steroid dienone is 1. The first kappa shape index (κ1) is 17.7. The van der Waals surface area contributed by atoms with Gasteiger partial charge in [0.1, 0.15) is 6.10 Å². The first-order valence-electron chi connectivity index (χ1n) is 8.30. The van der Waals surface area contributed by atoms with E-state index in [1.807, 2.05) is 42.5 Å². The average molecular weight is 346 g/mol. The summed E-state index contributed by atoms with van der Waals surface area (Å²) < 4.78 is 11.7. The van der Waals surface area contributed by atoms with E-state index in [1.54, 1.807) is 26.0 Å². The van der Waals surface area contributed by atoms with Crippen LogP contribution in [0.2, 0.25) is 0 Å². The van der Waals surface area contributed by atoms with Crippen LogP contribution in [0.5, 0.6) is 0 Å². The SMILES string of the molecule is CC=CC1OC2(C)OC(=N)C(C#N)(C2Cc2ccccc2)C1(C#N)C#N. The van der Waals surface area contributed by atoms with Gasteiger partial charge in [0.2, 0.25) is 17.1 Å². The fourth-order valence-corrected chi connectivity index (χ4v) is 4.12. The number of hydrogen-bond donors (Lipinski definition) is 1. The van der Waals surface area contributed by atoms with Crippen LogP contribution in [0.3, 0.4) is 0 Å². The minimum absolute atomic E-state index is 0.348. The molecule has 6 heteroatoms. The summed E-state index contributed by atoms with van der Waals surface area (Å²) >= 11 is 0. The summed E-state index contributed by atoms with van der Waals surface area (Å²) in [6.45, 7) is 3.41. The number of hydrogen-bond acceptors (Lipinski definition) is 6. The zero-order valence-electron chi connectivity index (χ0n) is 14.6. The molecule has 3 rings (SSSR count). The highest BCUT2D eigenvalue weighted by molar-refractivity contribution is 5.89. The lowest BCUT2D eigenvalue weighted by atomic mass is 9.53. The minimum Gasteiger partial charge on any atom is -0.448 e. The Morgan fingerprint density at radius 3 is 2.35 bits per heavy atom. The Kier molecular flexibility index (Phi) is 4.07. The number of rotatable bonds is 3. The summed E-state index contributed by atoms with van der Waals surface area (Å²) in [5, 5.41) is 38.4. The van der Waals surface area contributed by atoms with E-state index < -0.39 is 28.6 Å². The third-order valence-corrected chi connectivity index (χ3v) is 5.41. The monoisotopic (exact) mass is 346 g/mol. The zero-order valence-corrected chi connectivity index (χ0v) is 14.6. The molecule has 6 nitrogen and oxygen atoms in total. The van der Waals surface area contributed by atoms with Crippen molar-refractivity contribution in [2.75, 3.05) is 0 Å². The van der Waals surface area contributed by atoms with Crippen LogP contribution in [0, 0.1) is 56.2 Å². The molecule has 0 amide bonds. The average Bonchev–Trinajstić information content (AvgIpc) is 2.80. The molecule has 2 bridgehead atoms.